The highest BCUT2D eigenvalue weighted by molar-refractivity contribution is 8.00. The van der Waals surface area contributed by atoms with Crippen LogP contribution in [0.4, 0.5) is 18.9 Å². The van der Waals surface area contributed by atoms with Gasteiger partial charge >= 0.3 is 6.18 Å². The van der Waals surface area contributed by atoms with E-state index >= 15 is 0 Å². The zero-order valence-corrected chi connectivity index (χ0v) is 17.5. The summed E-state index contributed by atoms with van der Waals surface area (Å²) in [4.78, 5) is 16.8. The lowest BCUT2D eigenvalue weighted by Crippen LogP contribution is -2.15. The Hall–Kier alpha value is -2.90. The number of thioether (sulfide) groups is 1. The van der Waals surface area contributed by atoms with Crippen molar-refractivity contribution in [2.24, 2.45) is 0 Å². The summed E-state index contributed by atoms with van der Waals surface area (Å²) >= 11 is 7.29. The minimum absolute atomic E-state index is 0.00819. The third-order valence-electron chi connectivity index (χ3n) is 4.64. The van der Waals surface area contributed by atoms with Crippen LogP contribution in [0.3, 0.4) is 0 Å². The van der Waals surface area contributed by atoms with Crippen molar-refractivity contribution < 1.29 is 18.0 Å². The Morgan fingerprint density at radius 3 is 2.45 bits per heavy atom. The standard InChI is InChI=1S/C23H16ClF3N2OS/c24-17-11-10-15(23(25,26)27)12-19(17)28-20(30)13-31-22-16-8-4-5-9-18(16)29-21(22)14-6-2-1-3-7-14/h1-12,29H,13H2,(H,28,30). The van der Waals surface area contributed by atoms with Crippen molar-refractivity contribution in [3.63, 3.8) is 0 Å². The van der Waals surface area contributed by atoms with Crippen LogP contribution in [0.25, 0.3) is 22.2 Å². The highest BCUT2D eigenvalue weighted by atomic mass is 35.5. The lowest BCUT2D eigenvalue weighted by Gasteiger charge is -2.12. The summed E-state index contributed by atoms with van der Waals surface area (Å²) in [6, 6.07) is 20.3. The highest BCUT2D eigenvalue weighted by Gasteiger charge is 2.31. The van der Waals surface area contributed by atoms with Crippen LogP contribution in [0.5, 0.6) is 0 Å². The van der Waals surface area contributed by atoms with Gasteiger partial charge in [0.1, 0.15) is 0 Å². The molecule has 0 fully saturated rings. The summed E-state index contributed by atoms with van der Waals surface area (Å²) < 4.78 is 38.9. The number of halogens is 4. The van der Waals surface area contributed by atoms with Gasteiger partial charge in [0.05, 0.1) is 27.7 Å². The largest absolute Gasteiger partial charge is 0.416 e. The van der Waals surface area contributed by atoms with E-state index in [9.17, 15) is 18.0 Å². The summed E-state index contributed by atoms with van der Waals surface area (Å²) in [7, 11) is 0. The molecule has 0 saturated carbocycles. The van der Waals surface area contributed by atoms with E-state index in [1.54, 1.807) is 0 Å². The second-order valence-corrected chi connectivity index (χ2v) is 8.16. The number of aromatic nitrogens is 1. The molecule has 1 aromatic heterocycles. The van der Waals surface area contributed by atoms with Gasteiger partial charge in [-0.15, -0.1) is 11.8 Å². The summed E-state index contributed by atoms with van der Waals surface area (Å²) in [5.41, 5.74) is 1.86. The average Bonchev–Trinajstić information content (AvgIpc) is 3.12. The number of aromatic amines is 1. The van der Waals surface area contributed by atoms with Gasteiger partial charge in [0, 0.05) is 15.8 Å². The number of alkyl halides is 3. The molecule has 0 atom stereocenters. The van der Waals surface area contributed by atoms with Crippen LogP contribution in [0.15, 0.2) is 77.7 Å². The predicted octanol–water partition coefficient (Wildman–Crippen LogP) is 7.24. The number of para-hydroxylation sites is 1. The third kappa shape index (κ3) is 4.73. The van der Waals surface area contributed by atoms with Gasteiger partial charge in [-0.3, -0.25) is 4.79 Å². The zero-order valence-electron chi connectivity index (χ0n) is 16.0. The van der Waals surface area contributed by atoms with Crippen molar-refractivity contribution in [2.45, 2.75) is 11.1 Å². The first kappa shape index (κ1) is 21.3. The summed E-state index contributed by atoms with van der Waals surface area (Å²) in [5.74, 6) is -0.440. The number of rotatable bonds is 5. The molecule has 0 aliphatic carbocycles. The summed E-state index contributed by atoms with van der Waals surface area (Å²) in [5, 5.41) is 3.50. The van der Waals surface area contributed by atoms with E-state index in [-0.39, 0.29) is 16.5 Å². The maximum absolute atomic E-state index is 13.0. The molecule has 1 heterocycles. The van der Waals surface area contributed by atoms with Crippen LogP contribution in [0.2, 0.25) is 5.02 Å². The maximum Gasteiger partial charge on any atom is 0.416 e. The summed E-state index contributed by atoms with van der Waals surface area (Å²) in [6.07, 6.45) is -4.52. The molecular formula is C23H16ClF3N2OS. The predicted molar refractivity (Wildman–Crippen MR) is 120 cm³/mol. The maximum atomic E-state index is 13.0. The first-order valence-electron chi connectivity index (χ1n) is 9.28. The number of carbonyl (C=O) groups excluding carboxylic acids is 1. The Bertz CT molecular complexity index is 1240. The Morgan fingerprint density at radius 2 is 1.71 bits per heavy atom. The lowest BCUT2D eigenvalue weighted by molar-refractivity contribution is -0.137. The molecular weight excluding hydrogens is 445 g/mol. The monoisotopic (exact) mass is 460 g/mol. The van der Waals surface area contributed by atoms with Crippen LogP contribution < -0.4 is 5.32 Å². The smallest absolute Gasteiger partial charge is 0.354 e. The quantitative estimate of drug-likeness (QED) is 0.308. The van der Waals surface area contributed by atoms with Gasteiger partial charge in [-0.05, 0) is 29.8 Å². The Morgan fingerprint density at radius 1 is 1.00 bits per heavy atom. The van der Waals surface area contributed by atoms with Gasteiger partial charge < -0.3 is 10.3 Å². The highest BCUT2D eigenvalue weighted by Crippen LogP contribution is 2.38. The molecule has 4 aromatic rings. The van der Waals surface area contributed by atoms with Crippen molar-refractivity contribution in [1.29, 1.82) is 0 Å². The van der Waals surface area contributed by atoms with Gasteiger partial charge in [0.2, 0.25) is 5.91 Å². The molecule has 31 heavy (non-hydrogen) atoms. The van der Waals surface area contributed by atoms with Gasteiger partial charge in [0.25, 0.3) is 0 Å². The molecule has 0 unspecified atom stereocenters. The number of fused-ring (bicyclic) bond motifs is 1. The minimum Gasteiger partial charge on any atom is -0.354 e. The lowest BCUT2D eigenvalue weighted by atomic mass is 10.1. The topological polar surface area (TPSA) is 44.9 Å². The SMILES string of the molecule is O=C(CSc1c(-c2ccccc2)[nH]c2ccccc12)Nc1cc(C(F)(F)F)ccc1Cl. The van der Waals surface area contributed by atoms with Crippen LogP contribution >= 0.6 is 23.4 Å². The molecule has 1 amide bonds. The fraction of sp³-hybridized carbons (Fsp3) is 0.0870. The Balaban J connectivity index is 1.57. The number of hydrogen-bond donors (Lipinski definition) is 2. The van der Waals surface area contributed by atoms with E-state index in [0.717, 1.165) is 45.3 Å². The van der Waals surface area contributed by atoms with Crippen molar-refractivity contribution in [3.05, 3.63) is 83.4 Å². The zero-order chi connectivity index (χ0) is 22.0. The van der Waals surface area contributed by atoms with Crippen molar-refractivity contribution in [1.82, 2.24) is 4.98 Å². The van der Waals surface area contributed by atoms with Crippen LogP contribution in [0, 0.1) is 0 Å². The second kappa shape index (κ2) is 8.69. The molecule has 158 valence electrons. The first-order valence-corrected chi connectivity index (χ1v) is 10.6. The normalized spacial score (nSPS) is 11.6. The van der Waals surface area contributed by atoms with E-state index in [1.807, 2.05) is 54.6 Å². The van der Waals surface area contributed by atoms with E-state index < -0.39 is 17.6 Å². The van der Waals surface area contributed by atoms with E-state index in [2.05, 4.69) is 10.3 Å². The molecule has 3 nitrogen and oxygen atoms in total. The number of H-pyrrole nitrogens is 1. The van der Waals surface area contributed by atoms with Gasteiger partial charge in [0.15, 0.2) is 0 Å². The molecule has 0 radical (unpaired) electrons. The molecule has 3 aromatic carbocycles. The molecule has 0 spiro atoms. The number of amides is 1. The number of anilines is 1. The Labute approximate surface area is 185 Å². The first-order chi connectivity index (χ1) is 14.8. The fourth-order valence-corrected chi connectivity index (χ4v) is 4.35. The molecule has 8 heteroatoms. The van der Waals surface area contributed by atoms with E-state index in [0.29, 0.717) is 0 Å². The van der Waals surface area contributed by atoms with Gasteiger partial charge in [-0.1, -0.05) is 60.1 Å². The molecule has 4 rings (SSSR count). The number of benzene rings is 3. The molecule has 0 aliphatic rings. The molecule has 2 N–H and O–H groups in total. The second-order valence-electron chi connectivity index (χ2n) is 6.77. The van der Waals surface area contributed by atoms with E-state index in [4.69, 9.17) is 11.6 Å². The number of nitrogens with one attached hydrogen (secondary N) is 2. The Kier molecular flexibility index (Phi) is 5.98. The van der Waals surface area contributed by atoms with Crippen LogP contribution in [-0.2, 0) is 11.0 Å². The minimum atomic E-state index is -4.52. The van der Waals surface area contributed by atoms with Crippen molar-refractivity contribution in [2.75, 3.05) is 11.1 Å². The van der Waals surface area contributed by atoms with Crippen molar-refractivity contribution in [3.8, 4) is 11.3 Å². The van der Waals surface area contributed by atoms with Crippen LogP contribution in [-0.4, -0.2) is 16.6 Å². The fourth-order valence-electron chi connectivity index (χ4n) is 3.20. The molecule has 0 aliphatic heterocycles. The number of hydrogen-bond acceptors (Lipinski definition) is 2. The number of carbonyl (C=O) groups is 1. The molecule has 0 saturated heterocycles. The van der Waals surface area contributed by atoms with Crippen LogP contribution in [0.1, 0.15) is 5.56 Å². The third-order valence-corrected chi connectivity index (χ3v) is 6.09. The van der Waals surface area contributed by atoms with Gasteiger partial charge in [-0.2, -0.15) is 13.2 Å². The van der Waals surface area contributed by atoms with Gasteiger partial charge in [-0.25, -0.2) is 0 Å². The van der Waals surface area contributed by atoms with E-state index in [1.165, 1.54) is 11.8 Å². The average molecular weight is 461 g/mol. The molecule has 0 bridgehead atoms. The van der Waals surface area contributed by atoms with Crippen molar-refractivity contribution >= 4 is 45.9 Å². The summed E-state index contributed by atoms with van der Waals surface area (Å²) in [6.45, 7) is 0.